The first-order valence-electron chi connectivity index (χ1n) is 17.0. The first kappa shape index (κ1) is 41.6. The molecule has 1 N–H and O–H groups in total. The lowest BCUT2D eigenvalue weighted by Gasteiger charge is -2.41. The van der Waals surface area contributed by atoms with Crippen LogP contribution in [-0.4, -0.2) is 112 Å². The number of cyclic esters (lactones) is 2. The molecule has 4 unspecified atom stereocenters. The van der Waals surface area contributed by atoms with Gasteiger partial charge in [-0.15, -0.1) is 0 Å². The Morgan fingerprint density at radius 3 is 1.68 bits per heavy atom. The fourth-order valence-electron chi connectivity index (χ4n) is 5.26. The lowest BCUT2D eigenvalue weighted by atomic mass is 9.79. The zero-order chi connectivity index (χ0) is 35.6. The molecule has 272 valence electrons. The van der Waals surface area contributed by atoms with E-state index in [1.165, 1.54) is 0 Å². The molecule has 0 aliphatic carbocycles. The van der Waals surface area contributed by atoms with E-state index in [0.717, 1.165) is 6.42 Å². The first-order valence-corrected chi connectivity index (χ1v) is 17.0. The molecule has 2 fully saturated rings. The topological polar surface area (TPSA) is 120 Å². The van der Waals surface area contributed by atoms with Crippen LogP contribution in [0.4, 0.5) is 4.79 Å². The van der Waals surface area contributed by atoms with Crippen LogP contribution in [0.15, 0.2) is 12.5 Å². The molecule has 0 amide bonds. The normalized spacial score (nSPS) is 21.9. The van der Waals surface area contributed by atoms with Crippen LogP contribution in [-0.2, 0) is 42.6 Å². The van der Waals surface area contributed by atoms with E-state index in [1.807, 2.05) is 48.5 Å². The van der Waals surface area contributed by atoms with Crippen LogP contribution in [0.2, 0.25) is 0 Å². The van der Waals surface area contributed by atoms with Gasteiger partial charge >= 0.3 is 6.16 Å². The van der Waals surface area contributed by atoms with Crippen LogP contribution in [0.1, 0.15) is 108 Å². The molecule has 2 radical (unpaired) electrons. The minimum atomic E-state index is -0.977. The van der Waals surface area contributed by atoms with Crippen molar-refractivity contribution in [1.29, 1.82) is 0 Å². The summed E-state index contributed by atoms with van der Waals surface area (Å²) in [7, 11) is 6.63. The Bertz CT molecular complexity index is 917. The molecule has 0 aromatic rings. The van der Waals surface area contributed by atoms with Gasteiger partial charge in [0.1, 0.15) is 33.3 Å². The standard InChI is InChI=1S/C35H63BO11/c1-12-35(23-43-30(3,4)13-16-37,24-44-31(5,6)14-17-41-32(7,8)19-27-21-39-26(2)46-27)25-45-34(11,36)15-18-42-33(9,10)20-28-22-40-29(38)47-28/h27-28,37H,2,12-25H2,1,3-11H3. The molecule has 2 rings (SSSR count). The molecule has 0 bridgehead atoms. The smallest absolute Gasteiger partial charge is 0.462 e. The second-order valence-electron chi connectivity index (χ2n) is 15.9. The monoisotopic (exact) mass is 670 g/mol. The molecule has 2 aliphatic rings. The summed E-state index contributed by atoms with van der Waals surface area (Å²) in [5.74, 6) is 0.361. The van der Waals surface area contributed by atoms with Crippen LogP contribution in [0, 0.1) is 5.41 Å². The highest BCUT2D eigenvalue weighted by Crippen LogP contribution is 2.33. The van der Waals surface area contributed by atoms with Crippen LogP contribution in [0.3, 0.4) is 0 Å². The van der Waals surface area contributed by atoms with Crippen LogP contribution < -0.4 is 0 Å². The van der Waals surface area contributed by atoms with E-state index in [9.17, 15) is 9.90 Å². The number of hydrogen-bond acceptors (Lipinski definition) is 11. The van der Waals surface area contributed by atoms with E-state index in [4.69, 9.17) is 50.5 Å². The molecule has 12 heteroatoms. The molecular formula is C35H63BO11. The average molecular weight is 671 g/mol. The Hall–Kier alpha value is -1.57. The number of aliphatic hydroxyl groups excluding tert-OH is 1. The van der Waals surface area contributed by atoms with Crippen molar-refractivity contribution >= 4 is 14.0 Å². The summed E-state index contributed by atoms with van der Waals surface area (Å²) in [6.45, 7) is 26.4. The number of carbonyl (C=O) groups is 1. The lowest BCUT2D eigenvalue weighted by Crippen LogP contribution is -2.46. The molecule has 4 atom stereocenters. The number of hydrogen-bond donors (Lipinski definition) is 1. The second-order valence-corrected chi connectivity index (χ2v) is 15.9. The minimum absolute atomic E-state index is 0.0323. The molecule has 2 aliphatic heterocycles. The third kappa shape index (κ3) is 16.1. The second kappa shape index (κ2) is 17.4. The maximum Gasteiger partial charge on any atom is 0.508 e. The van der Waals surface area contributed by atoms with E-state index < -0.39 is 39.5 Å². The fourth-order valence-corrected chi connectivity index (χ4v) is 5.26. The molecule has 0 aromatic carbocycles. The number of ether oxygens (including phenoxy) is 9. The van der Waals surface area contributed by atoms with Crippen molar-refractivity contribution in [3.05, 3.63) is 12.5 Å². The zero-order valence-corrected chi connectivity index (χ0v) is 30.9. The highest BCUT2D eigenvalue weighted by molar-refractivity contribution is 6.14. The summed E-state index contributed by atoms with van der Waals surface area (Å²) in [5.41, 5.74) is -3.42. The Kier molecular flexibility index (Phi) is 15.4. The van der Waals surface area contributed by atoms with Crippen molar-refractivity contribution in [2.24, 2.45) is 5.41 Å². The molecule has 2 heterocycles. The highest BCUT2D eigenvalue weighted by atomic mass is 16.8. The first-order chi connectivity index (χ1) is 21.6. The van der Waals surface area contributed by atoms with Crippen molar-refractivity contribution in [2.45, 2.75) is 148 Å². The van der Waals surface area contributed by atoms with Gasteiger partial charge in [0.25, 0.3) is 5.95 Å². The van der Waals surface area contributed by atoms with E-state index in [1.54, 1.807) is 0 Å². The van der Waals surface area contributed by atoms with Gasteiger partial charge in [-0.1, -0.05) is 6.92 Å². The van der Waals surface area contributed by atoms with Gasteiger partial charge in [0, 0.05) is 37.0 Å². The number of carbonyl (C=O) groups excluding carboxylic acids is 1. The van der Waals surface area contributed by atoms with Gasteiger partial charge in [0.15, 0.2) is 0 Å². The number of aliphatic hydroxyl groups is 1. The molecule has 47 heavy (non-hydrogen) atoms. The third-order valence-electron chi connectivity index (χ3n) is 8.82. The molecule has 0 saturated carbocycles. The summed E-state index contributed by atoms with van der Waals surface area (Å²) < 4.78 is 52.7. The quantitative estimate of drug-likeness (QED) is 0.0987. The van der Waals surface area contributed by atoms with E-state index >= 15 is 0 Å². The van der Waals surface area contributed by atoms with Gasteiger partial charge in [-0.2, -0.15) is 0 Å². The maximum absolute atomic E-state index is 11.3. The predicted octanol–water partition coefficient (Wildman–Crippen LogP) is 5.83. The van der Waals surface area contributed by atoms with Crippen molar-refractivity contribution in [1.82, 2.24) is 0 Å². The Morgan fingerprint density at radius 2 is 1.21 bits per heavy atom. The largest absolute Gasteiger partial charge is 0.508 e. The Labute approximate surface area is 285 Å². The van der Waals surface area contributed by atoms with Gasteiger partial charge < -0.3 is 47.7 Å². The highest BCUT2D eigenvalue weighted by Gasteiger charge is 2.38. The van der Waals surface area contributed by atoms with Crippen LogP contribution in [0.25, 0.3) is 0 Å². The van der Waals surface area contributed by atoms with Crippen molar-refractivity contribution in [3.63, 3.8) is 0 Å². The molecule has 0 spiro atoms. The Morgan fingerprint density at radius 1 is 0.723 bits per heavy atom. The fraction of sp³-hybridized carbons (Fsp3) is 0.914. The van der Waals surface area contributed by atoms with Crippen molar-refractivity contribution < 1.29 is 52.5 Å². The molecular weight excluding hydrogens is 607 g/mol. The minimum Gasteiger partial charge on any atom is -0.462 e. The van der Waals surface area contributed by atoms with Gasteiger partial charge in [-0.25, -0.2) is 4.79 Å². The van der Waals surface area contributed by atoms with Crippen LogP contribution >= 0.6 is 0 Å². The van der Waals surface area contributed by atoms with Crippen LogP contribution in [0.5, 0.6) is 0 Å². The summed E-state index contributed by atoms with van der Waals surface area (Å²) in [6, 6.07) is 0. The molecule has 11 nitrogen and oxygen atoms in total. The third-order valence-corrected chi connectivity index (χ3v) is 8.82. The maximum atomic E-state index is 11.3. The summed E-state index contributed by atoms with van der Waals surface area (Å²) in [4.78, 5) is 11.3. The van der Waals surface area contributed by atoms with E-state index in [2.05, 4.69) is 27.4 Å². The zero-order valence-electron chi connectivity index (χ0n) is 30.9. The molecule has 2 saturated heterocycles. The SMILES string of the molecule is [B]C(C)(CCOC(C)(C)CC1COC(=O)O1)OCC(CC)(COC(C)(C)CCO)COC(C)(C)CCOC(C)(C)CC1COC(=C)O1. The summed E-state index contributed by atoms with van der Waals surface area (Å²) >= 11 is 0. The molecule has 0 aromatic heterocycles. The predicted molar refractivity (Wildman–Crippen MR) is 179 cm³/mol. The van der Waals surface area contributed by atoms with E-state index in [0.29, 0.717) is 77.7 Å². The van der Waals surface area contributed by atoms with Crippen molar-refractivity contribution in [2.75, 3.05) is 52.9 Å². The average Bonchev–Trinajstić information content (AvgIpc) is 3.53. The van der Waals surface area contributed by atoms with Gasteiger partial charge in [-0.3, -0.25) is 0 Å². The van der Waals surface area contributed by atoms with Gasteiger partial charge in [0.05, 0.1) is 48.8 Å². The van der Waals surface area contributed by atoms with E-state index in [-0.39, 0.29) is 25.4 Å². The Balaban J connectivity index is 1.96. The lowest BCUT2D eigenvalue weighted by molar-refractivity contribution is -0.159. The van der Waals surface area contributed by atoms with Gasteiger partial charge in [-0.05, 0) is 94.6 Å². The summed E-state index contributed by atoms with van der Waals surface area (Å²) in [6.07, 6.45) is 2.51. The summed E-state index contributed by atoms with van der Waals surface area (Å²) in [5, 5.41) is 9.56. The van der Waals surface area contributed by atoms with Crippen molar-refractivity contribution in [3.8, 4) is 0 Å². The number of rotatable bonds is 24. The van der Waals surface area contributed by atoms with Gasteiger partial charge in [0.2, 0.25) is 0 Å².